The molecular weight excluding hydrogens is 342 g/mol. The molecule has 1 amide bonds. The number of carbonyl (C=O) groups excluding carboxylic acids is 1. The van der Waals surface area contributed by atoms with Gasteiger partial charge in [-0.2, -0.15) is 0 Å². The quantitative estimate of drug-likeness (QED) is 0.757. The van der Waals surface area contributed by atoms with Crippen LogP contribution < -0.4 is 15.0 Å². The predicted octanol–water partition coefficient (Wildman–Crippen LogP) is 2.66. The molecule has 27 heavy (non-hydrogen) atoms. The molecule has 3 rings (SSSR count). The minimum atomic E-state index is -0.0187. The molecule has 7 nitrogen and oxygen atoms in total. The summed E-state index contributed by atoms with van der Waals surface area (Å²) in [5.41, 5.74) is 1.60. The third-order valence-corrected chi connectivity index (χ3v) is 4.70. The average Bonchev–Trinajstić information content (AvgIpc) is 2.74. The molecule has 144 valence electrons. The second-order valence-corrected chi connectivity index (χ2v) is 6.53. The SMILES string of the molecule is CCCCNc1ncc(C(=O)N2CCN(c3ccccc3OC)CC2)cn1. The fraction of sp³-hybridized carbons (Fsp3) is 0.450. The molecule has 1 aliphatic rings. The van der Waals surface area contributed by atoms with Gasteiger partial charge < -0.3 is 19.9 Å². The first-order valence-corrected chi connectivity index (χ1v) is 9.46. The Morgan fingerprint density at radius 2 is 1.85 bits per heavy atom. The van der Waals surface area contributed by atoms with Crippen molar-refractivity contribution in [3.63, 3.8) is 0 Å². The lowest BCUT2D eigenvalue weighted by Gasteiger charge is -2.36. The number of methoxy groups -OCH3 is 1. The molecule has 0 unspecified atom stereocenters. The van der Waals surface area contributed by atoms with Crippen LogP contribution in [0.4, 0.5) is 11.6 Å². The number of rotatable bonds is 7. The Kier molecular flexibility index (Phi) is 6.46. The smallest absolute Gasteiger partial charge is 0.257 e. The minimum absolute atomic E-state index is 0.0187. The molecule has 2 heterocycles. The topological polar surface area (TPSA) is 70.6 Å². The largest absolute Gasteiger partial charge is 0.495 e. The number of amides is 1. The maximum Gasteiger partial charge on any atom is 0.257 e. The highest BCUT2D eigenvalue weighted by Crippen LogP contribution is 2.28. The molecule has 0 spiro atoms. The highest BCUT2D eigenvalue weighted by Gasteiger charge is 2.24. The third-order valence-electron chi connectivity index (χ3n) is 4.70. The van der Waals surface area contributed by atoms with Gasteiger partial charge in [-0.3, -0.25) is 4.79 Å². The Hall–Kier alpha value is -2.83. The van der Waals surface area contributed by atoms with Crippen LogP contribution in [-0.4, -0.2) is 60.6 Å². The van der Waals surface area contributed by atoms with Crippen LogP contribution >= 0.6 is 0 Å². The molecule has 1 aliphatic heterocycles. The van der Waals surface area contributed by atoms with E-state index in [4.69, 9.17) is 4.74 Å². The van der Waals surface area contributed by atoms with E-state index in [1.165, 1.54) is 0 Å². The van der Waals surface area contributed by atoms with Gasteiger partial charge in [-0.15, -0.1) is 0 Å². The van der Waals surface area contributed by atoms with Gasteiger partial charge in [-0.1, -0.05) is 25.5 Å². The maximum absolute atomic E-state index is 12.7. The maximum atomic E-state index is 12.7. The van der Waals surface area contributed by atoms with Crippen molar-refractivity contribution in [1.29, 1.82) is 0 Å². The van der Waals surface area contributed by atoms with E-state index < -0.39 is 0 Å². The lowest BCUT2D eigenvalue weighted by Crippen LogP contribution is -2.48. The summed E-state index contributed by atoms with van der Waals surface area (Å²) >= 11 is 0. The molecular formula is C20H27N5O2. The molecule has 0 saturated carbocycles. The summed E-state index contributed by atoms with van der Waals surface area (Å²) in [5.74, 6) is 1.41. The van der Waals surface area contributed by atoms with Crippen LogP contribution in [0.2, 0.25) is 0 Å². The fourth-order valence-corrected chi connectivity index (χ4v) is 3.13. The number of para-hydroxylation sites is 2. The van der Waals surface area contributed by atoms with E-state index >= 15 is 0 Å². The first-order valence-electron chi connectivity index (χ1n) is 9.46. The van der Waals surface area contributed by atoms with Gasteiger partial charge in [-0.05, 0) is 18.6 Å². The van der Waals surface area contributed by atoms with Crippen LogP contribution in [0.5, 0.6) is 5.75 Å². The Bertz CT molecular complexity index is 742. The minimum Gasteiger partial charge on any atom is -0.495 e. The summed E-state index contributed by atoms with van der Waals surface area (Å²) in [6.07, 6.45) is 5.40. The van der Waals surface area contributed by atoms with E-state index in [1.807, 2.05) is 23.1 Å². The number of ether oxygens (including phenoxy) is 1. The van der Waals surface area contributed by atoms with Gasteiger partial charge in [-0.25, -0.2) is 9.97 Å². The molecule has 1 fully saturated rings. The van der Waals surface area contributed by atoms with E-state index in [2.05, 4.69) is 33.2 Å². The van der Waals surface area contributed by atoms with E-state index in [1.54, 1.807) is 19.5 Å². The van der Waals surface area contributed by atoms with Gasteiger partial charge in [0.1, 0.15) is 5.75 Å². The Balaban J connectivity index is 1.56. The number of benzene rings is 1. The van der Waals surface area contributed by atoms with E-state index in [0.717, 1.165) is 43.9 Å². The van der Waals surface area contributed by atoms with Crippen molar-refractivity contribution in [2.45, 2.75) is 19.8 Å². The second-order valence-electron chi connectivity index (χ2n) is 6.53. The zero-order chi connectivity index (χ0) is 19.1. The van der Waals surface area contributed by atoms with Crippen LogP contribution in [-0.2, 0) is 0 Å². The van der Waals surface area contributed by atoms with Gasteiger partial charge in [0.05, 0.1) is 18.4 Å². The van der Waals surface area contributed by atoms with E-state index in [9.17, 15) is 4.79 Å². The first kappa shape index (κ1) is 18.9. The van der Waals surface area contributed by atoms with Crippen LogP contribution in [0, 0.1) is 0 Å². The van der Waals surface area contributed by atoms with Crippen molar-refractivity contribution >= 4 is 17.5 Å². The monoisotopic (exact) mass is 369 g/mol. The zero-order valence-corrected chi connectivity index (χ0v) is 16.0. The Morgan fingerprint density at radius 1 is 1.15 bits per heavy atom. The lowest BCUT2D eigenvalue weighted by molar-refractivity contribution is 0.0746. The summed E-state index contributed by atoms with van der Waals surface area (Å²) in [6, 6.07) is 7.97. The van der Waals surface area contributed by atoms with E-state index in [-0.39, 0.29) is 5.91 Å². The van der Waals surface area contributed by atoms with E-state index in [0.29, 0.717) is 24.6 Å². The average molecular weight is 369 g/mol. The summed E-state index contributed by atoms with van der Waals surface area (Å²) in [5, 5.41) is 3.16. The van der Waals surface area contributed by atoms with Crippen molar-refractivity contribution in [3.8, 4) is 5.75 Å². The third kappa shape index (κ3) is 4.67. The van der Waals surface area contributed by atoms with Crippen LogP contribution in [0.15, 0.2) is 36.7 Å². The molecule has 2 aromatic rings. The number of anilines is 2. The van der Waals surface area contributed by atoms with Crippen molar-refractivity contribution < 1.29 is 9.53 Å². The molecule has 1 aromatic heterocycles. The summed E-state index contributed by atoms with van der Waals surface area (Å²) < 4.78 is 5.44. The number of piperazine rings is 1. The van der Waals surface area contributed by atoms with Crippen molar-refractivity contribution in [3.05, 3.63) is 42.2 Å². The summed E-state index contributed by atoms with van der Waals surface area (Å²) in [6.45, 7) is 5.83. The molecule has 0 radical (unpaired) electrons. The highest BCUT2D eigenvalue weighted by molar-refractivity contribution is 5.93. The van der Waals surface area contributed by atoms with Gasteiger partial charge in [0.25, 0.3) is 5.91 Å². The second kappa shape index (κ2) is 9.21. The number of hydrogen-bond donors (Lipinski definition) is 1. The molecule has 0 atom stereocenters. The van der Waals surface area contributed by atoms with Gasteiger partial charge in [0.2, 0.25) is 5.95 Å². The molecule has 1 aromatic carbocycles. The van der Waals surface area contributed by atoms with Crippen molar-refractivity contribution in [1.82, 2.24) is 14.9 Å². The fourth-order valence-electron chi connectivity index (χ4n) is 3.13. The molecule has 0 bridgehead atoms. The number of nitrogens with zero attached hydrogens (tertiary/aromatic N) is 4. The number of aromatic nitrogens is 2. The molecule has 1 saturated heterocycles. The standard InChI is InChI=1S/C20H27N5O2/c1-3-4-9-21-20-22-14-16(15-23-20)19(26)25-12-10-24(11-13-25)17-7-5-6-8-18(17)27-2/h5-8,14-15H,3-4,9-13H2,1-2H3,(H,21,22,23). The van der Waals surface area contributed by atoms with Crippen LogP contribution in [0.3, 0.4) is 0 Å². The van der Waals surface area contributed by atoms with Crippen LogP contribution in [0.1, 0.15) is 30.1 Å². The summed E-state index contributed by atoms with van der Waals surface area (Å²) in [4.78, 5) is 25.3. The predicted molar refractivity (Wildman–Crippen MR) is 107 cm³/mol. The molecule has 1 N–H and O–H groups in total. The van der Waals surface area contributed by atoms with Crippen molar-refractivity contribution in [2.24, 2.45) is 0 Å². The Labute approximate surface area is 160 Å². The molecule has 0 aliphatic carbocycles. The normalized spacial score (nSPS) is 14.1. The number of nitrogens with one attached hydrogen (secondary N) is 1. The van der Waals surface area contributed by atoms with Crippen LogP contribution in [0.25, 0.3) is 0 Å². The van der Waals surface area contributed by atoms with Crippen molar-refractivity contribution in [2.75, 3.05) is 50.1 Å². The number of carbonyl (C=O) groups is 1. The number of unbranched alkanes of at least 4 members (excludes halogenated alkanes) is 1. The number of hydrogen-bond acceptors (Lipinski definition) is 6. The van der Waals surface area contributed by atoms with Gasteiger partial charge in [0, 0.05) is 45.1 Å². The summed E-state index contributed by atoms with van der Waals surface area (Å²) in [7, 11) is 1.68. The lowest BCUT2D eigenvalue weighted by atomic mass is 10.2. The molecule has 7 heteroatoms. The van der Waals surface area contributed by atoms with Gasteiger partial charge in [0.15, 0.2) is 0 Å². The Morgan fingerprint density at radius 3 is 2.52 bits per heavy atom. The zero-order valence-electron chi connectivity index (χ0n) is 16.0. The highest BCUT2D eigenvalue weighted by atomic mass is 16.5. The first-order chi connectivity index (χ1) is 13.2. The van der Waals surface area contributed by atoms with Gasteiger partial charge >= 0.3 is 0 Å².